The summed E-state index contributed by atoms with van der Waals surface area (Å²) in [4.78, 5) is 12.2. The molecule has 0 amide bonds. The van der Waals surface area contributed by atoms with E-state index < -0.39 is 0 Å². The van der Waals surface area contributed by atoms with Gasteiger partial charge in [0, 0.05) is 18.4 Å². The van der Waals surface area contributed by atoms with E-state index in [1.807, 2.05) is 13.0 Å². The molecule has 0 spiro atoms. The fourth-order valence-corrected chi connectivity index (χ4v) is 5.21. The second kappa shape index (κ2) is 10.4. The first kappa shape index (κ1) is 21.3. The SMILES string of the molecule is CCOC(=O)CC1CCCC(NCC2CCCCC2)C1c1ccc(C)c(F)c1. The summed E-state index contributed by atoms with van der Waals surface area (Å²) in [6, 6.07) is 5.93. The van der Waals surface area contributed by atoms with Gasteiger partial charge in [-0.05, 0) is 75.1 Å². The minimum Gasteiger partial charge on any atom is -0.466 e. The Morgan fingerprint density at radius 2 is 1.93 bits per heavy atom. The lowest BCUT2D eigenvalue weighted by Crippen LogP contribution is -2.44. The lowest BCUT2D eigenvalue weighted by molar-refractivity contribution is -0.144. The summed E-state index contributed by atoms with van der Waals surface area (Å²) >= 11 is 0. The van der Waals surface area contributed by atoms with E-state index in [1.165, 1.54) is 32.1 Å². The first-order chi connectivity index (χ1) is 13.6. The highest BCUT2D eigenvalue weighted by atomic mass is 19.1. The van der Waals surface area contributed by atoms with Crippen molar-refractivity contribution in [2.45, 2.75) is 83.6 Å². The molecule has 3 atom stereocenters. The molecule has 3 unspecified atom stereocenters. The third-order valence-corrected chi connectivity index (χ3v) is 6.74. The second-order valence-corrected chi connectivity index (χ2v) is 8.75. The van der Waals surface area contributed by atoms with Crippen LogP contribution in [0.2, 0.25) is 0 Å². The van der Waals surface area contributed by atoms with Crippen molar-refractivity contribution in [3.05, 3.63) is 35.1 Å². The summed E-state index contributed by atoms with van der Waals surface area (Å²) < 4.78 is 19.6. The number of rotatable bonds is 7. The van der Waals surface area contributed by atoms with Gasteiger partial charge in [-0.1, -0.05) is 37.8 Å². The lowest BCUT2D eigenvalue weighted by Gasteiger charge is -2.40. The predicted octanol–water partition coefficient (Wildman–Crippen LogP) is 5.51. The number of nitrogens with one attached hydrogen (secondary N) is 1. The smallest absolute Gasteiger partial charge is 0.306 e. The second-order valence-electron chi connectivity index (χ2n) is 8.75. The van der Waals surface area contributed by atoms with E-state index in [2.05, 4.69) is 11.4 Å². The van der Waals surface area contributed by atoms with Crippen molar-refractivity contribution in [1.29, 1.82) is 0 Å². The minimum atomic E-state index is -0.149. The Balaban J connectivity index is 1.76. The molecular formula is C24H36FNO2. The molecule has 0 saturated heterocycles. The third-order valence-electron chi connectivity index (χ3n) is 6.74. The first-order valence-corrected chi connectivity index (χ1v) is 11.2. The minimum absolute atomic E-state index is 0.127. The largest absolute Gasteiger partial charge is 0.466 e. The van der Waals surface area contributed by atoms with Gasteiger partial charge in [-0.3, -0.25) is 4.79 Å². The van der Waals surface area contributed by atoms with Crippen LogP contribution in [-0.4, -0.2) is 25.2 Å². The zero-order valence-electron chi connectivity index (χ0n) is 17.5. The number of esters is 1. The highest BCUT2D eigenvalue weighted by Gasteiger charge is 2.36. The van der Waals surface area contributed by atoms with E-state index in [0.717, 1.165) is 37.3 Å². The van der Waals surface area contributed by atoms with E-state index in [0.29, 0.717) is 24.6 Å². The van der Waals surface area contributed by atoms with Gasteiger partial charge < -0.3 is 10.1 Å². The third kappa shape index (κ3) is 5.56. The van der Waals surface area contributed by atoms with Crippen LogP contribution in [0.4, 0.5) is 4.39 Å². The van der Waals surface area contributed by atoms with Gasteiger partial charge in [0.25, 0.3) is 0 Å². The zero-order valence-corrected chi connectivity index (χ0v) is 17.5. The van der Waals surface area contributed by atoms with E-state index in [1.54, 1.807) is 13.0 Å². The maximum Gasteiger partial charge on any atom is 0.306 e. The number of halogens is 1. The summed E-state index contributed by atoms with van der Waals surface area (Å²) in [7, 11) is 0. The molecule has 4 heteroatoms. The van der Waals surface area contributed by atoms with E-state index in [4.69, 9.17) is 4.74 Å². The van der Waals surface area contributed by atoms with Gasteiger partial charge in [-0.2, -0.15) is 0 Å². The highest BCUT2D eigenvalue weighted by molar-refractivity contribution is 5.69. The molecule has 3 rings (SSSR count). The molecule has 0 radical (unpaired) electrons. The molecule has 1 N–H and O–H groups in total. The van der Waals surface area contributed by atoms with Crippen LogP contribution in [0.1, 0.15) is 81.8 Å². The monoisotopic (exact) mass is 389 g/mol. The van der Waals surface area contributed by atoms with E-state index in [9.17, 15) is 9.18 Å². The van der Waals surface area contributed by atoms with E-state index >= 15 is 0 Å². The summed E-state index contributed by atoms with van der Waals surface area (Å²) in [6.45, 7) is 5.11. The Morgan fingerprint density at radius 1 is 1.14 bits per heavy atom. The maximum atomic E-state index is 14.3. The average molecular weight is 390 g/mol. The molecule has 0 aliphatic heterocycles. The van der Waals surface area contributed by atoms with Crippen molar-refractivity contribution in [1.82, 2.24) is 5.32 Å². The van der Waals surface area contributed by atoms with Crippen LogP contribution < -0.4 is 5.32 Å². The van der Waals surface area contributed by atoms with Crippen LogP contribution in [0.5, 0.6) is 0 Å². The molecule has 2 aliphatic rings. The molecule has 1 aromatic rings. The molecular weight excluding hydrogens is 353 g/mol. The summed E-state index contributed by atoms with van der Waals surface area (Å²) in [6.07, 6.45) is 10.3. The normalized spacial score (nSPS) is 26.2. The molecule has 2 saturated carbocycles. The van der Waals surface area contributed by atoms with Gasteiger partial charge in [0.05, 0.1) is 6.61 Å². The van der Waals surface area contributed by atoms with Crippen molar-refractivity contribution in [2.75, 3.05) is 13.2 Å². The lowest BCUT2D eigenvalue weighted by atomic mass is 9.70. The number of hydrogen-bond donors (Lipinski definition) is 1. The Hall–Kier alpha value is -1.42. The van der Waals surface area contributed by atoms with Crippen LogP contribution >= 0.6 is 0 Å². The van der Waals surface area contributed by atoms with Crippen LogP contribution in [-0.2, 0) is 9.53 Å². The molecule has 3 nitrogen and oxygen atoms in total. The number of ether oxygens (including phenoxy) is 1. The van der Waals surface area contributed by atoms with Gasteiger partial charge in [-0.15, -0.1) is 0 Å². The molecule has 156 valence electrons. The van der Waals surface area contributed by atoms with Crippen LogP contribution in [0.25, 0.3) is 0 Å². The van der Waals surface area contributed by atoms with Crippen molar-refractivity contribution >= 4 is 5.97 Å². The Morgan fingerprint density at radius 3 is 2.64 bits per heavy atom. The van der Waals surface area contributed by atoms with Crippen LogP contribution in [0.3, 0.4) is 0 Å². The molecule has 2 aliphatic carbocycles. The molecule has 28 heavy (non-hydrogen) atoms. The predicted molar refractivity (Wildman–Crippen MR) is 111 cm³/mol. The zero-order chi connectivity index (χ0) is 19.9. The molecule has 0 heterocycles. The fourth-order valence-electron chi connectivity index (χ4n) is 5.21. The van der Waals surface area contributed by atoms with Crippen molar-refractivity contribution < 1.29 is 13.9 Å². The topological polar surface area (TPSA) is 38.3 Å². The summed E-state index contributed by atoms with van der Waals surface area (Å²) in [5.41, 5.74) is 1.70. The highest BCUT2D eigenvalue weighted by Crippen LogP contribution is 2.41. The number of carbonyl (C=O) groups excluding carboxylic acids is 1. The Labute approximate surface area is 169 Å². The molecule has 0 bridgehead atoms. The Kier molecular flexibility index (Phi) is 7.90. The standard InChI is InChI=1S/C24H36FNO2/c1-3-28-23(27)15-19-10-7-11-22(26-16-18-8-5-4-6-9-18)24(19)20-13-12-17(2)21(25)14-20/h12-14,18-19,22,24,26H,3-11,15-16H2,1-2H3. The fraction of sp³-hybridized carbons (Fsp3) is 0.708. The average Bonchev–Trinajstić information content (AvgIpc) is 2.70. The van der Waals surface area contributed by atoms with Gasteiger partial charge >= 0.3 is 5.97 Å². The first-order valence-electron chi connectivity index (χ1n) is 11.2. The van der Waals surface area contributed by atoms with Crippen LogP contribution in [0.15, 0.2) is 18.2 Å². The van der Waals surface area contributed by atoms with Gasteiger partial charge in [-0.25, -0.2) is 4.39 Å². The number of carbonyl (C=O) groups is 1. The molecule has 0 aromatic heterocycles. The van der Waals surface area contributed by atoms with Crippen molar-refractivity contribution in [3.8, 4) is 0 Å². The quantitative estimate of drug-likeness (QED) is 0.625. The Bertz CT molecular complexity index is 641. The number of aryl methyl sites for hydroxylation is 1. The number of hydrogen-bond acceptors (Lipinski definition) is 3. The molecule has 1 aromatic carbocycles. The van der Waals surface area contributed by atoms with Crippen LogP contribution in [0, 0.1) is 24.6 Å². The maximum absolute atomic E-state index is 14.3. The summed E-state index contributed by atoms with van der Waals surface area (Å²) in [5, 5.41) is 3.83. The molecule has 2 fully saturated rings. The van der Waals surface area contributed by atoms with Crippen molar-refractivity contribution in [3.63, 3.8) is 0 Å². The van der Waals surface area contributed by atoms with Gasteiger partial charge in [0.15, 0.2) is 0 Å². The van der Waals surface area contributed by atoms with Gasteiger partial charge in [0.2, 0.25) is 0 Å². The van der Waals surface area contributed by atoms with E-state index in [-0.39, 0.29) is 23.6 Å². The van der Waals surface area contributed by atoms with Gasteiger partial charge in [0.1, 0.15) is 5.82 Å². The summed E-state index contributed by atoms with van der Waals surface area (Å²) in [5.74, 6) is 0.854. The number of benzene rings is 1. The van der Waals surface area contributed by atoms with Crippen molar-refractivity contribution in [2.24, 2.45) is 11.8 Å².